The quantitative estimate of drug-likeness (QED) is 0.847. The third-order valence-electron chi connectivity index (χ3n) is 5.09. The van der Waals surface area contributed by atoms with Gasteiger partial charge in [-0.2, -0.15) is 5.10 Å². The summed E-state index contributed by atoms with van der Waals surface area (Å²) in [5.74, 6) is 1.18. The molecule has 6 heteroatoms. The number of likely N-dealkylation sites (tertiary alicyclic amines) is 1. The van der Waals surface area contributed by atoms with Gasteiger partial charge in [0.25, 0.3) is 0 Å². The zero-order valence-corrected chi connectivity index (χ0v) is 14.1. The van der Waals surface area contributed by atoms with E-state index in [1.165, 1.54) is 0 Å². The highest BCUT2D eigenvalue weighted by Gasteiger charge is 2.45. The van der Waals surface area contributed by atoms with E-state index >= 15 is 0 Å². The molecule has 0 radical (unpaired) electrons. The molecule has 6 nitrogen and oxygen atoms in total. The number of rotatable bonds is 4. The van der Waals surface area contributed by atoms with Crippen molar-refractivity contribution >= 4 is 11.7 Å². The van der Waals surface area contributed by atoms with Crippen molar-refractivity contribution in [3.63, 3.8) is 0 Å². The third kappa shape index (κ3) is 3.32. The summed E-state index contributed by atoms with van der Waals surface area (Å²) in [5, 5.41) is 8.51. The van der Waals surface area contributed by atoms with Crippen LogP contribution < -0.4 is 4.90 Å². The number of nitrogens with zero attached hydrogens (tertiary/aromatic N) is 4. The number of hydrogen-bond donors (Lipinski definition) is 0. The van der Waals surface area contributed by atoms with E-state index < -0.39 is 0 Å². The Labute approximate surface area is 137 Å². The lowest BCUT2D eigenvalue weighted by molar-refractivity contribution is -0.143. The van der Waals surface area contributed by atoms with E-state index in [1.807, 2.05) is 19.1 Å². The van der Waals surface area contributed by atoms with E-state index in [-0.39, 0.29) is 11.4 Å². The molecule has 23 heavy (non-hydrogen) atoms. The average molecular weight is 318 g/mol. The molecular weight excluding hydrogens is 292 g/mol. The molecule has 0 N–H and O–H groups in total. The molecule has 2 aliphatic heterocycles. The van der Waals surface area contributed by atoms with Crippen molar-refractivity contribution in [2.24, 2.45) is 0 Å². The second-order valence-corrected chi connectivity index (χ2v) is 6.67. The van der Waals surface area contributed by atoms with E-state index in [0.29, 0.717) is 19.6 Å². The molecule has 1 aromatic rings. The molecule has 126 valence electrons. The van der Waals surface area contributed by atoms with E-state index in [9.17, 15) is 4.79 Å². The first kappa shape index (κ1) is 16.2. The van der Waals surface area contributed by atoms with Gasteiger partial charge in [0.15, 0.2) is 5.82 Å². The fraction of sp³-hybridized carbons (Fsp3) is 0.706. The Kier molecular flexibility index (Phi) is 4.80. The first-order chi connectivity index (χ1) is 11.1. The SMILES string of the molecule is COCCN1C(=O)CCCC12CCCN(c1ccc(C)nn1)C2. The van der Waals surface area contributed by atoms with Crippen LogP contribution in [0.2, 0.25) is 0 Å². The lowest BCUT2D eigenvalue weighted by atomic mass is 9.79. The Balaban J connectivity index is 1.81. The third-order valence-corrected chi connectivity index (χ3v) is 5.09. The topological polar surface area (TPSA) is 58.6 Å². The Morgan fingerprint density at radius 3 is 2.83 bits per heavy atom. The normalized spacial score (nSPS) is 25.2. The van der Waals surface area contributed by atoms with Crippen molar-refractivity contribution in [2.45, 2.75) is 44.6 Å². The molecule has 3 heterocycles. The minimum absolute atomic E-state index is 0.0708. The molecule has 0 aromatic carbocycles. The van der Waals surface area contributed by atoms with Crippen LogP contribution in [0, 0.1) is 6.92 Å². The molecule has 1 unspecified atom stereocenters. The number of methoxy groups -OCH3 is 1. The highest BCUT2D eigenvalue weighted by Crippen LogP contribution is 2.37. The van der Waals surface area contributed by atoms with Gasteiger partial charge >= 0.3 is 0 Å². The molecule has 3 rings (SSSR count). The first-order valence-electron chi connectivity index (χ1n) is 8.49. The number of hydrogen-bond acceptors (Lipinski definition) is 5. The van der Waals surface area contributed by atoms with Crippen LogP contribution in [0.5, 0.6) is 0 Å². The van der Waals surface area contributed by atoms with Crippen molar-refractivity contribution < 1.29 is 9.53 Å². The molecule has 2 saturated heterocycles. The highest BCUT2D eigenvalue weighted by molar-refractivity contribution is 5.78. The smallest absolute Gasteiger partial charge is 0.223 e. The summed E-state index contributed by atoms with van der Waals surface area (Å²) >= 11 is 0. The van der Waals surface area contributed by atoms with Gasteiger partial charge < -0.3 is 14.5 Å². The van der Waals surface area contributed by atoms with Crippen LogP contribution in [0.4, 0.5) is 5.82 Å². The van der Waals surface area contributed by atoms with Crippen LogP contribution in [0.15, 0.2) is 12.1 Å². The second kappa shape index (κ2) is 6.83. The number of carbonyl (C=O) groups is 1. The standard InChI is InChI=1S/C17H26N4O2/c1-14-6-7-15(19-18-14)20-10-4-9-17(13-20)8-3-5-16(22)21(17)11-12-23-2/h6-7H,3-5,8-13H2,1-2H3. The molecule has 2 aliphatic rings. The van der Waals surface area contributed by atoms with Gasteiger partial charge in [-0.1, -0.05) is 0 Å². The number of amides is 1. The number of ether oxygens (including phenoxy) is 1. The number of carbonyl (C=O) groups excluding carboxylic acids is 1. The van der Waals surface area contributed by atoms with Crippen molar-refractivity contribution in [3.8, 4) is 0 Å². The monoisotopic (exact) mass is 318 g/mol. The van der Waals surface area contributed by atoms with Gasteiger partial charge in [-0.05, 0) is 44.7 Å². The van der Waals surface area contributed by atoms with Gasteiger partial charge in [0.1, 0.15) is 0 Å². The Hall–Kier alpha value is -1.69. The molecule has 1 atom stereocenters. The van der Waals surface area contributed by atoms with Gasteiger partial charge in [0.2, 0.25) is 5.91 Å². The van der Waals surface area contributed by atoms with Crippen molar-refractivity contribution in [3.05, 3.63) is 17.8 Å². The first-order valence-corrected chi connectivity index (χ1v) is 8.49. The lowest BCUT2D eigenvalue weighted by Crippen LogP contribution is -2.63. The Morgan fingerprint density at radius 2 is 2.09 bits per heavy atom. The molecule has 2 fully saturated rings. The van der Waals surface area contributed by atoms with Gasteiger partial charge in [-0.25, -0.2) is 0 Å². The summed E-state index contributed by atoms with van der Waals surface area (Å²) < 4.78 is 5.22. The number of aromatic nitrogens is 2. The van der Waals surface area contributed by atoms with Gasteiger partial charge in [-0.3, -0.25) is 4.79 Å². The van der Waals surface area contributed by atoms with Crippen LogP contribution in [-0.4, -0.2) is 59.9 Å². The summed E-state index contributed by atoms with van der Waals surface area (Å²) in [6.45, 7) is 5.05. The largest absolute Gasteiger partial charge is 0.383 e. The van der Waals surface area contributed by atoms with Gasteiger partial charge in [0, 0.05) is 33.2 Å². The van der Waals surface area contributed by atoms with Gasteiger partial charge in [-0.15, -0.1) is 5.10 Å². The van der Waals surface area contributed by atoms with E-state index in [1.54, 1.807) is 7.11 Å². The highest BCUT2D eigenvalue weighted by atomic mass is 16.5. The maximum Gasteiger partial charge on any atom is 0.223 e. The summed E-state index contributed by atoms with van der Waals surface area (Å²) in [5.41, 5.74) is 0.855. The molecule has 1 spiro atoms. The maximum atomic E-state index is 12.5. The Morgan fingerprint density at radius 1 is 1.26 bits per heavy atom. The molecule has 0 aliphatic carbocycles. The summed E-state index contributed by atoms with van der Waals surface area (Å²) in [4.78, 5) is 16.8. The molecule has 1 amide bonds. The second-order valence-electron chi connectivity index (χ2n) is 6.67. The maximum absolute atomic E-state index is 12.5. The van der Waals surface area contributed by atoms with Crippen LogP contribution >= 0.6 is 0 Å². The van der Waals surface area contributed by atoms with E-state index in [0.717, 1.165) is 50.3 Å². The lowest BCUT2D eigenvalue weighted by Gasteiger charge is -2.52. The molecule has 0 bridgehead atoms. The van der Waals surface area contributed by atoms with Crippen LogP contribution in [0.1, 0.15) is 37.8 Å². The minimum atomic E-state index is -0.0708. The van der Waals surface area contributed by atoms with Crippen molar-refractivity contribution in [1.29, 1.82) is 0 Å². The molecular formula is C17H26N4O2. The van der Waals surface area contributed by atoms with Crippen molar-refractivity contribution in [1.82, 2.24) is 15.1 Å². The number of anilines is 1. The minimum Gasteiger partial charge on any atom is -0.383 e. The van der Waals surface area contributed by atoms with Gasteiger partial charge in [0.05, 0.1) is 17.8 Å². The van der Waals surface area contributed by atoms with Crippen LogP contribution in [-0.2, 0) is 9.53 Å². The van der Waals surface area contributed by atoms with Crippen LogP contribution in [0.3, 0.4) is 0 Å². The fourth-order valence-electron chi connectivity index (χ4n) is 3.94. The summed E-state index contributed by atoms with van der Waals surface area (Å²) in [6.07, 6.45) is 4.86. The summed E-state index contributed by atoms with van der Waals surface area (Å²) in [6, 6.07) is 4.03. The number of piperidine rings is 2. The number of aryl methyl sites for hydroxylation is 1. The van der Waals surface area contributed by atoms with E-state index in [4.69, 9.17) is 4.74 Å². The fourth-order valence-corrected chi connectivity index (χ4v) is 3.94. The van der Waals surface area contributed by atoms with Crippen LogP contribution in [0.25, 0.3) is 0 Å². The predicted molar refractivity (Wildman–Crippen MR) is 88.4 cm³/mol. The molecule has 1 aromatic heterocycles. The predicted octanol–water partition coefficient (Wildman–Crippen LogP) is 1.78. The Bertz CT molecular complexity index is 544. The zero-order chi connectivity index (χ0) is 16.3. The summed E-state index contributed by atoms with van der Waals surface area (Å²) in [7, 11) is 1.69. The molecule has 0 saturated carbocycles. The average Bonchev–Trinajstić information content (AvgIpc) is 2.55. The van der Waals surface area contributed by atoms with E-state index in [2.05, 4.69) is 20.0 Å². The zero-order valence-electron chi connectivity index (χ0n) is 14.1. The van der Waals surface area contributed by atoms with Crippen molar-refractivity contribution in [2.75, 3.05) is 38.3 Å².